The summed E-state index contributed by atoms with van der Waals surface area (Å²) in [5, 5.41) is 7.28. The van der Waals surface area contributed by atoms with Crippen molar-refractivity contribution in [1.29, 1.82) is 0 Å². The van der Waals surface area contributed by atoms with E-state index in [4.69, 9.17) is 4.52 Å². The zero-order valence-corrected chi connectivity index (χ0v) is 8.62. The second kappa shape index (κ2) is 4.57. The molecule has 0 aliphatic carbocycles. The van der Waals surface area contributed by atoms with E-state index in [-0.39, 0.29) is 0 Å². The Kier molecular flexibility index (Phi) is 3.16. The van der Waals surface area contributed by atoms with E-state index in [1.54, 1.807) is 6.26 Å². The molecule has 78 valence electrons. The largest absolute Gasteiger partial charge is 0.364 e. The Bertz CT molecular complexity index is 277. The maximum Gasteiger partial charge on any atom is 0.128 e. The SMILES string of the molecule is Cc1nocc1CN1CCCNCC1. The number of rotatable bonds is 2. The molecule has 0 atom stereocenters. The van der Waals surface area contributed by atoms with Crippen LogP contribution in [-0.4, -0.2) is 36.2 Å². The van der Waals surface area contributed by atoms with Crippen LogP contribution in [0.4, 0.5) is 0 Å². The summed E-state index contributed by atoms with van der Waals surface area (Å²) in [5.41, 5.74) is 2.23. The van der Waals surface area contributed by atoms with Crippen molar-refractivity contribution in [2.75, 3.05) is 26.2 Å². The Hall–Kier alpha value is -0.870. The van der Waals surface area contributed by atoms with Gasteiger partial charge in [0.2, 0.25) is 0 Å². The lowest BCUT2D eigenvalue weighted by atomic mass is 10.2. The van der Waals surface area contributed by atoms with Gasteiger partial charge in [0.1, 0.15) is 6.26 Å². The molecule has 14 heavy (non-hydrogen) atoms. The van der Waals surface area contributed by atoms with Crippen LogP contribution in [0, 0.1) is 6.92 Å². The molecule has 2 rings (SSSR count). The highest BCUT2D eigenvalue weighted by Crippen LogP contribution is 2.09. The number of aromatic nitrogens is 1. The summed E-state index contributed by atoms with van der Waals surface area (Å²) in [6, 6.07) is 0. The van der Waals surface area contributed by atoms with Gasteiger partial charge in [-0.05, 0) is 26.4 Å². The zero-order valence-electron chi connectivity index (χ0n) is 8.62. The lowest BCUT2D eigenvalue weighted by molar-refractivity contribution is 0.283. The fraction of sp³-hybridized carbons (Fsp3) is 0.700. The predicted molar refractivity (Wildman–Crippen MR) is 54.0 cm³/mol. The van der Waals surface area contributed by atoms with E-state index in [1.807, 2.05) is 6.92 Å². The third-order valence-corrected chi connectivity index (χ3v) is 2.68. The van der Waals surface area contributed by atoms with Gasteiger partial charge in [-0.2, -0.15) is 0 Å². The van der Waals surface area contributed by atoms with Gasteiger partial charge in [0.25, 0.3) is 0 Å². The van der Waals surface area contributed by atoms with E-state index in [0.717, 1.165) is 38.4 Å². The summed E-state index contributed by atoms with van der Waals surface area (Å²) >= 11 is 0. The lowest BCUT2D eigenvalue weighted by Crippen LogP contribution is -2.27. The van der Waals surface area contributed by atoms with Gasteiger partial charge >= 0.3 is 0 Å². The second-order valence-corrected chi connectivity index (χ2v) is 3.80. The first-order valence-electron chi connectivity index (χ1n) is 5.19. The molecule has 1 aromatic rings. The molecule has 0 unspecified atom stereocenters. The molecule has 1 saturated heterocycles. The Labute approximate surface area is 84.3 Å². The Morgan fingerprint density at radius 2 is 2.43 bits per heavy atom. The molecule has 4 nitrogen and oxygen atoms in total. The fourth-order valence-electron chi connectivity index (χ4n) is 1.77. The first-order valence-corrected chi connectivity index (χ1v) is 5.19. The second-order valence-electron chi connectivity index (χ2n) is 3.80. The third kappa shape index (κ3) is 2.33. The summed E-state index contributed by atoms with van der Waals surface area (Å²) in [7, 11) is 0. The molecule has 0 saturated carbocycles. The molecule has 0 radical (unpaired) electrons. The maximum absolute atomic E-state index is 4.93. The van der Waals surface area contributed by atoms with Gasteiger partial charge in [-0.25, -0.2) is 0 Å². The number of nitrogens with one attached hydrogen (secondary N) is 1. The molecule has 1 N–H and O–H groups in total. The van der Waals surface area contributed by atoms with Gasteiger partial charge in [0.05, 0.1) is 5.69 Å². The van der Waals surface area contributed by atoms with Gasteiger partial charge in [-0.1, -0.05) is 5.16 Å². The monoisotopic (exact) mass is 195 g/mol. The average Bonchev–Trinajstić information content (AvgIpc) is 2.44. The smallest absolute Gasteiger partial charge is 0.128 e. The molecule has 0 aromatic carbocycles. The quantitative estimate of drug-likeness (QED) is 0.757. The van der Waals surface area contributed by atoms with Crippen LogP contribution in [0.25, 0.3) is 0 Å². The van der Waals surface area contributed by atoms with Crippen molar-refractivity contribution >= 4 is 0 Å². The van der Waals surface area contributed by atoms with E-state index in [0.29, 0.717) is 0 Å². The maximum atomic E-state index is 4.93. The molecule has 4 heteroatoms. The van der Waals surface area contributed by atoms with Crippen LogP contribution in [0.5, 0.6) is 0 Å². The van der Waals surface area contributed by atoms with Crippen molar-refractivity contribution in [1.82, 2.24) is 15.4 Å². The molecule has 0 spiro atoms. The van der Waals surface area contributed by atoms with Crippen LogP contribution >= 0.6 is 0 Å². The van der Waals surface area contributed by atoms with E-state index in [1.165, 1.54) is 12.0 Å². The van der Waals surface area contributed by atoms with Gasteiger partial charge < -0.3 is 9.84 Å². The highest BCUT2D eigenvalue weighted by atomic mass is 16.5. The topological polar surface area (TPSA) is 41.3 Å². The summed E-state index contributed by atoms with van der Waals surface area (Å²) in [5.74, 6) is 0. The molecule has 0 bridgehead atoms. The number of nitrogens with zero attached hydrogens (tertiary/aromatic N) is 2. The van der Waals surface area contributed by atoms with E-state index in [2.05, 4.69) is 15.4 Å². The summed E-state index contributed by atoms with van der Waals surface area (Å²) in [6.45, 7) is 7.47. The van der Waals surface area contributed by atoms with Crippen molar-refractivity contribution in [3.63, 3.8) is 0 Å². The minimum absolute atomic E-state index is 0.969. The molecule has 1 aliphatic heterocycles. The number of aryl methyl sites for hydroxylation is 1. The summed E-state index contributed by atoms with van der Waals surface area (Å²) < 4.78 is 4.93. The predicted octanol–water partition coefficient (Wildman–Crippen LogP) is 0.778. The van der Waals surface area contributed by atoms with Gasteiger partial charge in [0, 0.05) is 25.2 Å². The molecule has 1 aromatic heterocycles. The Morgan fingerprint density at radius 3 is 3.21 bits per heavy atom. The van der Waals surface area contributed by atoms with Gasteiger partial charge in [-0.15, -0.1) is 0 Å². The standard InChI is InChI=1S/C10H17N3O/c1-9-10(8-14-12-9)7-13-5-2-3-11-4-6-13/h8,11H,2-7H2,1H3. The number of hydrogen-bond acceptors (Lipinski definition) is 4. The Morgan fingerprint density at radius 1 is 1.50 bits per heavy atom. The normalized spacial score (nSPS) is 19.5. The van der Waals surface area contributed by atoms with Crippen LogP contribution < -0.4 is 5.32 Å². The van der Waals surface area contributed by atoms with Crippen LogP contribution in [0.3, 0.4) is 0 Å². The van der Waals surface area contributed by atoms with Crippen LogP contribution in [0.1, 0.15) is 17.7 Å². The highest BCUT2D eigenvalue weighted by molar-refractivity contribution is 5.12. The molecular weight excluding hydrogens is 178 g/mol. The van der Waals surface area contributed by atoms with E-state index in [9.17, 15) is 0 Å². The molecule has 1 fully saturated rings. The van der Waals surface area contributed by atoms with Crippen LogP contribution in [0.2, 0.25) is 0 Å². The summed E-state index contributed by atoms with van der Waals surface area (Å²) in [6.07, 6.45) is 2.98. The lowest BCUT2D eigenvalue weighted by Gasteiger charge is -2.18. The molecule has 0 amide bonds. The number of hydrogen-bond donors (Lipinski definition) is 1. The van der Waals surface area contributed by atoms with Gasteiger partial charge in [-0.3, -0.25) is 4.90 Å². The van der Waals surface area contributed by atoms with E-state index < -0.39 is 0 Å². The molecular formula is C10H17N3O. The van der Waals surface area contributed by atoms with Crippen molar-refractivity contribution in [2.24, 2.45) is 0 Å². The molecule has 1 aliphatic rings. The van der Waals surface area contributed by atoms with Crippen molar-refractivity contribution < 1.29 is 4.52 Å². The van der Waals surface area contributed by atoms with Crippen molar-refractivity contribution in [3.05, 3.63) is 17.5 Å². The van der Waals surface area contributed by atoms with Crippen LogP contribution in [-0.2, 0) is 6.54 Å². The first-order chi connectivity index (χ1) is 6.86. The average molecular weight is 195 g/mol. The zero-order chi connectivity index (χ0) is 9.80. The van der Waals surface area contributed by atoms with E-state index >= 15 is 0 Å². The van der Waals surface area contributed by atoms with Gasteiger partial charge in [0.15, 0.2) is 0 Å². The first kappa shape index (κ1) is 9.68. The Balaban J connectivity index is 1.92. The van der Waals surface area contributed by atoms with Crippen LogP contribution in [0.15, 0.2) is 10.8 Å². The third-order valence-electron chi connectivity index (χ3n) is 2.68. The minimum atomic E-state index is 0.969. The molecule has 2 heterocycles. The minimum Gasteiger partial charge on any atom is -0.364 e. The highest BCUT2D eigenvalue weighted by Gasteiger charge is 2.11. The van der Waals surface area contributed by atoms with Crippen molar-refractivity contribution in [2.45, 2.75) is 19.9 Å². The van der Waals surface area contributed by atoms with Crippen molar-refractivity contribution in [3.8, 4) is 0 Å². The fourth-order valence-corrected chi connectivity index (χ4v) is 1.77. The summed E-state index contributed by atoms with van der Waals surface area (Å²) in [4.78, 5) is 2.44.